The van der Waals surface area contributed by atoms with Gasteiger partial charge in [0.05, 0.1) is 22.0 Å². The Balaban J connectivity index is 2.43. The van der Waals surface area contributed by atoms with Crippen LogP contribution in [0, 0.1) is 19.7 Å². The fourth-order valence-corrected chi connectivity index (χ4v) is 3.04. The lowest BCUT2D eigenvalue weighted by Gasteiger charge is -2.09. The monoisotopic (exact) mass is 298 g/mol. The number of benzene rings is 1. The number of nitrogens with two attached hydrogens (primary N) is 1. The van der Waals surface area contributed by atoms with Crippen LogP contribution < -0.4 is 10.5 Å². The first-order valence-corrected chi connectivity index (χ1v) is 7.27. The minimum atomic E-state index is -3.83. The summed E-state index contributed by atoms with van der Waals surface area (Å²) in [6, 6.07) is 2.33. The van der Waals surface area contributed by atoms with Gasteiger partial charge in [0.15, 0.2) is 0 Å². The number of anilines is 2. The molecule has 1 aromatic carbocycles. The highest BCUT2D eigenvalue weighted by atomic mass is 32.2. The molecule has 0 saturated carbocycles. The third-order valence-electron chi connectivity index (χ3n) is 2.82. The van der Waals surface area contributed by atoms with Gasteiger partial charge in [0.25, 0.3) is 10.0 Å². The lowest BCUT2D eigenvalue weighted by Crippen LogP contribution is -2.14. The Morgan fingerprint density at radius 3 is 2.50 bits per heavy atom. The van der Waals surface area contributed by atoms with E-state index in [0.29, 0.717) is 11.4 Å². The largest absolute Gasteiger partial charge is 0.396 e. The molecule has 0 aliphatic rings. The highest BCUT2D eigenvalue weighted by Crippen LogP contribution is 2.23. The van der Waals surface area contributed by atoms with E-state index in [4.69, 9.17) is 5.73 Å². The number of nitrogens with one attached hydrogen (secondary N) is 1. The van der Waals surface area contributed by atoms with Crippen molar-refractivity contribution in [1.29, 1.82) is 0 Å². The van der Waals surface area contributed by atoms with Crippen molar-refractivity contribution in [3.05, 3.63) is 35.4 Å². The van der Waals surface area contributed by atoms with Crippen LogP contribution in [-0.4, -0.2) is 18.2 Å². The number of aromatic nitrogens is 2. The van der Waals surface area contributed by atoms with Crippen LogP contribution in [0.4, 0.5) is 15.8 Å². The molecule has 0 amide bonds. The minimum Gasteiger partial charge on any atom is -0.396 e. The highest BCUT2D eigenvalue weighted by Gasteiger charge is 2.19. The molecule has 6 nitrogen and oxygen atoms in total. The van der Waals surface area contributed by atoms with Crippen LogP contribution in [-0.2, 0) is 17.1 Å². The van der Waals surface area contributed by atoms with Gasteiger partial charge in [0, 0.05) is 13.2 Å². The average molecular weight is 298 g/mol. The zero-order valence-corrected chi connectivity index (χ0v) is 12.1. The zero-order valence-electron chi connectivity index (χ0n) is 11.3. The van der Waals surface area contributed by atoms with E-state index in [1.54, 1.807) is 20.2 Å². The number of sulfonamides is 1. The van der Waals surface area contributed by atoms with Crippen molar-refractivity contribution in [3.63, 3.8) is 0 Å². The molecule has 0 saturated heterocycles. The smallest absolute Gasteiger partial charge is 0.262 e. The normalized spacial score (nSPS) is 11.6. The molecule has 3 N–H and O–H groups in total. The van der Waals surface area contributed by atoms with Gasteiger partial charge in [0.2, 0.25) is 0 Å². The Morgan fingerprint density at radius 2 is 2.00 bits per heavy atom. The van der Waals surface area contributed by atoms with Gasteiger partial charge in [-0.05, 0) is 31.5 Å². The van der Waals surface area contributed by atoms with E-state index in [9.17, 15) is 12.8 Å². The van der Waals surface area contributed by atoms with Crippen molar-refractivity contribution in [2.75, 3.05) is 10.5 Å². The standard InChI is InChI=1S/C12H15FN4O2S/c1-7-4-9(5-10(14)12(7)13)20(18,19)16-11-6-17(3)15-8(11)2/h4-6,16H,14H2,1-3H3. The maximum atomic E-state index is 13.4. The van der Waals surface area contributed by atoms with Crippen molar-refractivity contribution in [1.82, 2.24) is 9.78 Å². The van der Waals surface area contributed by atoms with E-state index in [-0.39, 0.29) is 16.1 Å². The molecule has 1 aromatic heterocycles. The van der Waals surface area contributed by atoms with Crippen LogP contribution in [0.3, 0.4) is 0 Å². The van der Waals surface area contributed by atoms with Crippen molar-refractivity contribution in [3.8, 4) is 0 Å². The van der Waals surface area contributed by atoms with Gasteiger partial charge in [-0.3, -0.25) is 9.40 Å². The van der Waals surface area contributed by atoms with Crippen LogP contribution in [0.25, 0.3) is 0 Å². The van der Waals surface area contributed by atoms with Crippen LogP contribution >= 0.6 is 0 Å². The van der Waals surface area contributed by atoms with Crippen LogP contribution in [0.1, 0.15) is 11.3 Å². The SMILES string of the molecule is Cc1cc(S(=O)(=O)Nc2cn(C)nc2C)cc(N)c1F. The summed E-state index contributed by atoms with van der Waals surface area (Å²) in [7, 11) is -2.15. The molecule has 0 bridgehead atoms. The third-order valence-corrected chi connectivity index (χ3v) is 4.17. The van der Waals surface area contributed by atoms with Gasteiger partial charge in [0.1, 0.15) is 5.82 Å². The maximum absolute atomic E-state index is 13.4. The Morgan fingerprint density at radius 1 is 1.35 bits per heavy atom. The molecule has 108 valence electrons. The number of halogens is 1. The van der Waals surface area contributed by atoms with Gasteiger partial charge in [-0.25, -0.2) is 12.8 Å². The van der Waals surface area contributed by atoms with Crippen molar-refractivity contribution < 1.29 is 12.8 Å². The second kappa shape index (κ2) is 4.78. The average Bonchev–Trinajstić information content (AvgIpc) is 2.63. The Labute approximate surface area is 116 Å². The second-order valence-electron chi connectivity index (χ2n) is 4.55. The minimum absolute atomic E-state index is 0.0860. The molecular weight excluding hydrogens is 283 g/mol. The fraction of sp³-hybridized carbons (Fsp3) is 0.250. The summed E-state index contributed by atoms with van der Waals surface area (Å²) in [6.07, 6.45) is 1.55. The number of aryl methyl sites for hydroxylation is 3. The van der Waals surface area contributed by atoms with Gasteiger partial charge >= 0.3 is 0 Å². The van der Waals surface area contributed by atoms with Gasteiger partial charge in [-0.15, -0.1) is 0 Å². The second-order valence-corrected chi connectivity index (χ2v) is 6.23. The van der Waals surface area contributed by atoms with Crippen molar-refractivity contribution >= 4 is 21.4 Å². The number of hydrogen-bond donors (Lipinski definition) is 2. The highest BCUT2D eigenvalue weighted by molar-refractivity contribution is 7.92. The molecular formula is C12H15FN4O2S. The molecule has 2 rings (SSSR count). The molecule has 1 heterocycles. The lowest BCUT2D eigenvalue weighted by molar-refractivity contribution is 0.599. The summed E-state index contributed by atoms with van der Waals surface area (Å²) in [5.74, 6) is -0.610. The van der Waals surface area contributed by atoms with E-state index in [2.05, 4.69) is 9.82 Å². The van der Waals surface area contributed by atoms with Crippen LogP contribution in [0.2, 0.25) is 0 Å². The number of rotatable bonds is 3. The quantitative estimate of drug-likeness (QED) is 0.841. The maximum Gasteiger partial charge on any atom is 0.262 e. The molecule has 0 aliphatic carbocycles. The van der Waals surface area contributed by atoms with Gasteiger partial charge in [-0.1, -0.05) is 0 Å². The molecule has 2 aromatic rings. The topological polar surface area (TPSA) is 90.0 Å². The molecule has 0 atom stereocenters. The van der Waals surface area contributed by atoms with Crippen molar-refractivity contribution in [2.45, 2.75) is 18.7 Å². The molecule has 0 unspecified atom stereocenters. The summed E-state index contributed by atoms with van der Waals surface area (Å²) >= 11 is 0. The van der Waals surface area contributed by atoms with E-state index >= 15 is 0 Å². The van der Waals surface area contributed by atoms with Crippen LogP contribution in [0.15, 0.2) is 23.2 Å². The van der Waals surface area contributed by atoms with E-state index < -0.39 is 15.8 Å². The summed E-state index contributed by atoms with van der Waals surface area (Å²) < 4.78 is 41.9. The summed E-state index contributed by atoms with van der Waals surface area (Å²) in [6.45, 7) is 3.14. The summed E-state index contributed by atoms with van der Waals surface area (Å²) in [5, 5.41) is 4.04. The zero-order chi connectivity index (χ0) is 15.1. The number of hydrogen-bond acceptors (Lipinski definition) is 4. The summed E-state index contributed by atoms with van der Waals surface area (Å²) in [4.78, 5) is -0.0860. The van der Waals surface area contributed by atoms with E-state index in [0.717, 1.165) is 6.07 Å². The Bertz CT molecular complexity index is 745. The number of nitrogen functional groups attached to an aromatic ring is 1. The van der Waals surface area contributed by atoms with E-state index in [1.165, 1.54) is 17.7 Å². The first kappa shape index (κ1) is 14.3. The first-order valence-electron chi connectivity index (χ1n) is 5.79. The Hall–Kier alpha value is -2.09. The first-order chi connectivity index (χ1) is 9.20. The predicted molar refractivity (Wildman–Crippen MR) is 74.3 cm³/mol. The van der Waals surface area contributed by atoms with E-state index in [1.807, 2.05) is 0 Å². The van der Waals surface area contributed by atoms with Crippen LogP contribution in [0.5, 0.6) is 0 Å². The molecule has 0 spiro atoms. The molecule has 8 heteroatoms. The summed E-state index contributed by atoms with van der Waals surface area (Å²) in [5.41, 5.74) is 6.35. The molecule has 0 radical (unpaired) electrons. The predicted octanol–water partition coefficient (Wildman–Crippen LogP) is 1.56. The molecule has 0 aliphatic heterocycles. The van der Waals surface area contributed by atoms with Crippen molar-refractivity contribution in [2.24, 2.45) is 7.05 Å². The van der Waals surface area contributed by atoms with Gasteiger partial charge < -0.3 is 5.73 Å². The number of nitrogens with zero attached hydrogens (tertiary/aromatic N) is 2. The molecule has 20 heavy (non-hydrogen) atoms. The molecule has 0 fully saturated rings. The fourth-order valence-electron chi connectivity index (χ4n) is 1.82. The Kier molecular flexibility index (Phi) is 3.43. The van der Waals surface area contributed by atoms with Gasteiger partial charge in [-0.2, -0.15) is 5.10 Å². The lowest BCUT2D eigenvalue weighted by atomic mass is 10.2. The third kappa shape index (κ3) is 2.60.